The van der Waals surface area contributed by atoms with Gasteiger partial charge in [-0.3, -0.25) is 0 Å². The molecule has 0 unspecified atom stereocenters. The van der Waals surface area contributed by atoms with Crippen LogP contribution in [0, 0.1) is 5.82 Å². The molecule has 1 fully saturated rings. The summed E-state index contributed by atoms with van der Waals surface area (Å²) in [6, 6.07) is 8.07. The fraction of sp³-hybridized carbons (Fsp3) is 0.364. The van der Waals surface area contributed by atoms with Crippen LogP contribution in [0.3, 0.4) is 0 Å². The first-order valence-corrected chi connectivity index (χ1v) is 10.4. The number of rotatable bonds is 8. The highest BCUT2D eigenvalue weighted by atomic mass is 35.5. The number of hydrogen-bond donors (Lipinski definition) is 1. The van der Waals surface area contributed by atoms with E-state index in [2.05, 4.69) is 20.2 Å². The van der Waals surface area contributed by atoms with Crippen molar-refractivity contribution in [2.45, 2.75) is 19.3 Å². The largest absolute Gasteiger partial charge is 0.493 e. The summed E-state index contributed by atoms with van der Waals surface area (Å²) in [7, 11) is 1.59. The second-order valence-electron chi connectivity index (χ2n) is 7.24. The molecule has 0 atom stereocenters. The third-order valence-electron chi connectivity index (χ3n) is 5.18. The van der Waals surface area contributed by atoms with E-state index < -0.39 is 5.82 Å². The zero-order chi connectivity index (χ0) is 20.9. The molecule has 1 saturated heterocycles. The SMILES string of the molecule is COc1cc2c(Nc3ccc(Cl)cc3F)ncnc2cc1OCCCN1CCCC1. The van der Waals surface area contributed by atoms with Crippen LogP contribution in [-0.2, 0) is 0 Å². The Labute approximate surface area is 180 Å². The molecule has 0 spiro atoms. The quantitative estimate of drug-likeness (QED) is 0.505. The first-order valence-electron chi connectivity index (χ1n) is 10.0. The van der Waals surface area contributed by atoms with Crippen LogP contribution in [0.15, 0.2) is 36.7 Å². The van der Waals surface area contributed by atoms with E-state index in [1.807, 2.05) is 6.07 Å². The summed E-state index contributed by atoms with van der Waals surface area (Å²) in [5.74, 6) is 1.23. The number of ether oxygens (including phenoxy) is 2. The Hall–Kier alpha value is -2.64. The summed E-state index contributed by atoms with van der Waals surface area (Å²) in [5, 5.41) is 4.04. The van der Waals surface area contributed by atoms with Gasteiger partial charge in [-0.25, -0.2) is 14.4 Å². The van der Waals surface area contributed by atoms with Gasteiger partial charge in [0.25, 0.3) is 0 Å². The predicted octanol–water partition coefficient (Wildman–Crippen LogP) is 5.04. The van der Waals surface area contributed by atoms with Crippen LogP contribution in [0.5, 0.6) is 11.5 Å². The Morgan fingerprint density at radius 2 is 1.97 bits per heavy atom. The number of methoxy groups -OCH3 is 1. The summed E-state index contributed by atoms with van der Waals surface area (Å²) in [6.07, 6.45) is 4.96. The zero-order valence-corrected chi connectivity index (χ0v) is 17.6. The third kappa shape index (κ3) is 4.74. The molecule has 2 heterocycles. The number of nitrogens with one attached hydrogen (secondary N) is 1. The minimum Gasteiger partial charge on any atom is -0.493 e. The van der Waals surface area contributed by atoms with Crippen LogP contribution < -0.4 is 14.8 Å². The number of likely N-dealkylation sites (tertiary alicyclic amines) is 1. The lowest BCUT2D eigenvalue weighted by molar-refractivity contribution is 0.254. The third-order valence-corrected chi connectivity index (χ3v) is 5.41. The van der Waals surface area contributed by atoms with Crippen molar-refractivity contribution >= 4 is 34.0 Å². The molecular formula is C22H24ClFN4O2. The van der Waals surface area contributed by atoms with E-state index in [0.29, 0.717) is 39.8 Å². The Morgan fingerprint density at radius 3 is 2.73 bits per heavy atom. The van der Waals surface area contributed by atoms with Crippen LogP contribution >= 0.6 is 11.6 Å². The van der Waals surface area contributed by atoms with Crippen molar-refractivity contribution in [1.29, 1.82) is 0 Å². The number of benzene rings is 2. The molecule has 158 valence electrons. The average Bonchev–Trinajstić information content (AvgIpc) is 3.26. The van der Waals surface area contributed by atoms with Gasteiger partial charge in [-0.05, 0) is 56.6 Å². The molecule has 6 nitrogen and oxygen atoms in total. The number of halogens is 2. The maximum absolute atomic E-state index is 14.2. The molecule has 8 heteroatoms. The highest BCUT2D eigenvalue weighted by molar-refractivity contribution is 6.30. The lowest BCUT2D eigenvalue weighted by Gasteiger charge is -2.16. The maximum atomic E-state index is 14.2. The molecule has 3 aromatic rings. The van der Waals surface area contributed by atoms with Gasteiger partial charge in [-0.1, -0.05) is 11.6 Å². The van der Waals surface area contributed by atoms with Crippen LogP contribution in [0.25, 0.3) is 10.9 Å². The van der Waals surface area contributed by atoms with Crippen molar-refractivity contribution in [3.8, 4) is 11.5 Å². The lowest BCUT2D eigenvalue weighted by atomic mass is 10.2. The molecule has 2 aromatic carbocycles. The lowest BCUT2D eigenvalue weighted by Crippen LogP contribution is -2.21. The highest BCUT2D eigenvalue weighted by Gasteiger charge is 2.14. The fourth-order valence-corrected chi connectivity index (χ4v) is 3.79. The van der Waals surface area contributed by atoms with E-state index in [0.717, 1.165) is 13.0 Å². The average molecular weight is 431 g/mol. The molecule has 1 N–H and O–H groups in total. The van der Waals surface area contributed by atoms with Crippen LogP contribution in [-0.4, -0.2) is 48.2 Å². The van der Waals surface area contributed by atoms with Gasteiger partial charge in [-0.15, -0.1) is 0 Å². The van der Waals surface area contributed by atoms with Gasteiger partial charge in [0, 0.05) is 23.0 Å². The van der Waals surface area contributed by atoms with Gasteiger partial charge < -0.3 is 19.7 Å². The number of hydrogen-bond acceptors (Lipinski definition) is 6. The molecule has 1 aromatic heterocycles. The molecule has 1 aliphatic rings. The van der Waals surface area contributed by atoms with E-state index >= 15 is 0 Å². The zero-order valence-electron chi connectivity index (χ0n) is 16.8. The van der Waals surface area contributed by atoms with E-state index in [1.165, 1.54) is 38.3 Å². The van der Waals surface area contributed by atoms with E-state index in [4.69, 9.17) is 21.1 Å². The minimum absolute atomic E-state index is 0.278. The molecule has 30 heavy (non-hydrogen) atoms. The number of aromatic nitrogens is 2. The monoisotopic (exact) mass is 430 g/mol. The number of fused-ring (bicyclic) bond motifs is 1. The predicted molar refractivity (Wildman–Crippen MR) is 117 cm³/mol. The molecule has 0 amide bonds. The Bertz CT molecular complexity index is 1030. The van der Waals surface area contributed by atoms with Crippen molar-refractivity contribution in [3.63, 3.8) is 0 Å². The highest BCUT2D eigenvalue weighted by Crippen LogP contribution is 2.35. The summed E-state index contributed by atoms with van der Waals surface area (Å²) >= 11 is 5.83. The Kier molecular flexibility index (Phi) is 6.50. The van der Waals surface area contributed by atoms with E-state index in [-0.39, 0.29) is 5.69 Å². The topological polar surface area (TPSA) is 59.5 Å². The smallest absolute Gasteiger partial charge is 0.163 e. The van der Waals surface area contributed by atoms with Crippen LogP contribution in [0.2, 0.25) is 5.02 Å². The Balaban J connectivity index is 1.52. The van der Waals surface area contributed by atoms with Gasteiger partial charge in [-0.2, -0.15) is 0 Å². The first kappa shape index (κ1) is 20.6. The van der Waals surface area contributed by atoms with Crippen molar-refractivity contribution < 1.29 is 13.9 Å². The molecule has 0 saturated carbocycles. The minimum atomic E-state index is -0.459. The summed E-state index contributed by atoms with van der Waals surface area (Å²) in [6.45, 7) is 4.00. The standard InChI is InChI=1S/C22H24ClFN4O2/c1-29-20-12-16-19(13-21(20)30-10-4-9-28-7-2-3-8-28)25-14-26-22(16)27-18-6-5-15(23)11-17(18)24/h5-6,11-14H,2-4,7-10H2,1H3,(H,25,26,27). The number of anilines is 2. The first-order chi connectivity index (χ1) is 14.6. The molecule has 0 aliphatic carbocycles. The summed E-state index contributed by atoms with van der Waals surface area (Å²) in [5.41, 5.74) is 0.956. The van der Waals surface area contributed by atoms with Crippen LogP contribution in [0.4, 0.5) is 15.9 Å². The molecule has 4 rings (SSSR count). The molecule has 0 radical (unpaired) electrons. The molecule has 0 bridgehead atoms. The summed E-state index contributed by atoms with van der Waals surface area (Å²) in [4.78, 5) is 11.1. The van der Waals surface area contributed by atoms with Gasteiger partial charge in [0.1, 0.15) is 18.0 Å². The van der Waals surface area contributed by atoms with Crippen molar-refractivity contribution in [2.24, 2.45) is 0 Å². The summed E-state index contributed by atoms with van der Waals surface area (Å²) < 4.78 is 25.7. The van der Waals surface area contributed by atoms with E-state index in [9.17, 15) is 4.39 Å². The maximum Gasteiger partial charge on any atom is 0.163 e. The van der Waals surface area contributed by atoms with Crippen molar-refractivity contribution in [2.75, 3.05) is 38.7 Å². The molecule has 1 aliphatic heterocycles. The number of nitrogens with zero attached hydrogens (tertiary/aromatic N) is 3. The van der Waals surface area contributed by atoms with Gasteiger partial charge in [0.2, 0.25) is 0 Å². The fourth-order valence-electron chi connectivity index (χ4n) is 3.63. The normalized spacial score (nSPS) is 14.2. The second-order valence-corrected chi connectivity index (χ2v) is 7.68. The second kappa shape index (κ2) is 9.45. The van der Waals surface area contributed by atoms with Crippen molar-refractivity contribution in [3.05, 3.63) is 47.5 Å². The Morgan fingerprint density at radius 1 is 1.13 bits per heavy atom. The molecular weight excluding hydrogens is 407 g/mol. The van der Waals surface area contributed by atoms with E-state index in [1.54, 1.807) is 25.3 Å². The van der Waals surface area contributed by atoms with Gasteiger partial charge in [0.05, 0.1) is 24.9 Å². The van der Waals surface area contributed by atoms with Gasteiger partial charge >= 0.3 is 0 Å². The van der Waals surface area contributed by atoms with Gasteiger partial charge in [0.15, 0.2) is 11.5 Å². The van der Waals surface area contributed by atoms with Crippen molar-refractivity contribution in [1.82, 2.24) is 14.9 Å². The van der Waals surface area contributed by atoms with Crippen LogP contribution in [0.1, 0.15) is 19.3 Å².